The first-order valence-electron chi connectivity index (χ1n) is 7.92. The zero-order valence-electron chi connectivity index (χ0n) is 14.0. The van der Waals surface area contributed by atoms with Crippen molar-refractivity contribution in [2.45, 2.75) is 81.1 Å². The number of hydrogen-bond donors (Lipinski definition) is 0. The number of fused-ring (bicyclic) bond motifs is 2. The van der Waals surface area contributed by atoms with Crippen LogP contribution in [-0.2, 0) is 0 Å². The summed E-state index contributed by atoms with van der Waals surface area (Å²) >= 11 is 0. The van der Waals surface area contributed by atoms with E-state index in [1.54, 1.807) is 0 Å². The van der Waals surface area contributed by atoms with Crippen LogP contribution in [0.4, 0.5) is 0 Å². The standard InChI is InChI=1S/C18H34/c1-15(2,3)16(4,5)12-14-11-13-9-10-18(14,8)17(13,6)7/h13-14H,9-12H2,1-8H3. The van der Waals surface area contributed by atoms with Crippen LogP contribution in [0.15, 0.2) is 0 Å². The first kappa shape index (κ1) is 14.4. The normalized spacial score (nSPS) is 39.3. The Bertz CT molecular complexity index is 328. The molecule has 2 fully saturated rings. The highest BCUT2D eigenvalue weighted by molar-refractivity contribution is 5.11. The second kappa shape index (κ2) is 3.76. The summed E-state index contributed by atoms with van der Waals surface area (Å²) in [6.45, 7) is 19.9. The molecule has 2 aliphatic carbocycles. The second-order valence-corrected chi connectivity index (χ2v) is 9.65. The highest BCUT2D eigenvalue weighted by atomic mass is 14.7. The monoisotopic (exact) mass is 250 g/mol. The smallest absolute Gasteiger partial charge is 0.0243 e. The third-order valence-corrected chi connectivity index (χ3v) is 7.76. The zero-order chi connectivity index (χ0) is 14.0. The number of hydrogen-bond acceptors (Lipinski definition) is 0. The van der Waals surface area contributed by atoms with Crippen LogP contribution in [0.25, 0.3) is 0 Å². The lowest BCUT2D eigenvalue weighted by Gasteiger charge is -2.46. The second-order valence-electron chi connectivity index (χ2n) is 9.65. The topological polar surface area (TPSA) is 0 Å². The van der Waals surface area contributed by atoms with Crippen LogP contribution in [0.2, 0.25) is 0 Å². The van der Waals surface area contributed by atoms with Gasteiger partial charge in [0.15, 0.2) is 0 Å². The molecule has 0 heteroatoms. The molecule has 0 aromatic heterocycles. The lowest BCUT2D eigenvalue weighted by Crippen LogP contribution is -2.38. The molecule has 0 spiro atoms. The van der Waals surface area contributed by atoms with E-state index in [1.165, 1.54) is 25.7 Å². The summed E-state index contributed by atoms with van der Waals surface area (Å²) in [6, 6.07) is 0. The molecule has 3 unspecified atom stereocenters. The molecule has 2 saturated carbocycles. The van der Waals surface area contributed by atoms with E-state index in [1.807, 2.05) is 0 Å². The van der Waals surface area contributed by atoms with Crippen molar-refractivity contribution in [2.75, 3.05) is 0 Å². The Morgan fingerprint density at radius 2 is 1.56 bits per heavy atom. The molecule has 0 heterocycles. The van der Waals surface area contributed by atoms with Gasteiger partial charge in [0.25, 0.3) is 0 Å². The highest BCUT2D eigenvalue weighted by Crippen LogP contribution is 2.70. The van der Waals surface area contributed by atoms with E-state index >= 15 is 0 Å². The minimum absolute atomic E-state index is 0.412. The van der Waals surface area contributed by atoms with Gasteiger partial charge in [0, 0.05) is 0 Å². The molecular formula is C18H34. The van der Waals surface area contributed by atoms with Crippen LogP contribution in [0.5, 0.6) is 0 Å². The summed E-state index contributed by atoms with van der Waals surface area (Å²) in [5.41, 5.74) is 2.03. The van der Waals surface area contributed by atoms with E-state index < -0.39 is 0 Å². The van der Waals surface area contributed by atoms with Gasteiger partial charge in [-0.15, -0.1) is 0 Å². The maximum Gasteiger partial charge on any atom is -0.0243 e. The van der Waals surface area contributed by atoms with Gasteiger partial charge in [0.2, 0.25) is 0 Å². The molecule has 0 aliphatic heterocycles. The van der Waals surface area contributed by atoms with Gasteiger partial charge in [-0.05, 0) is 59.2 Å². The first-order chi connectivity index (χ1) is 7.92. The predicted molar refractivity (Wildman–Crippen MR) is 80.6 cm³/mol. The minimum atomic E-state index is 0.412. The fourth-order valence-corrected chi connectivity index (χ4v) is 4.60. The maximum absolute atomic E-state index is 2.59. The average Bonchev–Trinajstić information content (AvgIpc) is 2.48. The lowest BCUT2D eigenvalue weighted by molar-refractivity contribution is 0.0302. The summed E-state index contributed by atoms with van der Waals surface area (Å²) in [7, 11) is 0. The van der Waals surface area contributed by atoms with Crippen molar-refractivity contribution in [3.63, 3.8) is 0 Å². The van der Waals surface area contributed by atoms with Crippen molar-refractivity contribution >= 4 is 0 Å². The molecule has 0 radical (unpaired) electrons. The van der Waals surface area contributed by atoms with Gasteiger partial charge in [-0.1, -0.05) is 55.4 Å². The Kier molecular flexibility index (Phi) is 3.01. The zero-order valence-corrected chi connectivity index (χ0v) is 14.0. The molecule has 0 aromatic carbocycles. The van der Waals surface area contributed by atoms with Crippen molar-refractivity contribution in [1.29, 1.82) is 0 Å². The van der Waals surface area contributed by atoms with E-state index in [0.717, 1.165) is 11.8 Å². The van der Waals surface area contributed by atoms with Crippen LogP contribution in [0.1, 0.15) is 81.1 Å². The van der Waals surface area contributed by atoms with Crippen molar-refractivity contribution in [2.24, 2.45) is 33.5 Å². The van der Waals surface area contributed by atoms with E-state index in [9.17, 15) is 0 Å². The summed E-state index contributed by atoms with van der Waals surface area (Å²) < 4.78 is 0. The molecule has 2 rings (SSSR count). The summed E-state index contributed by atoms with van der Waals surface area (Å²) in [4.78, 5) is 0. The van der Waals surface area contributed by atoms with Gasteiger partial charge in [0.1, 0.15) is 0 Å². The lowest BCUT2D eigenvalue weighted by atomic mass is 9.59. The van der Waals surface area contributed by atoms with Crippen molar-refractivity contribution in [1.82, 2.24) is 0 Å². The molecule has 2 aliphatic rings. The Labute approximate surface area is 115 Å². The van der Waals surface area contributed by atoms with Gasteiger partial charge in [-0.25, -0.2) is 0 Å². The fourth-order valence-electron chi connectivity index (χ4n) is 4.60. The molecule has 0 N–H and O–H groups in total. The molecule has 18 heavy (non-hydrogen) atoms. The third kappa shape index (κ3) is 1.78. The first-order valence-corrected chi connectivity index (χ1v) is 7.92. The molecule has 2 bridgehead atoms. The average molecular weight is 250 g/mol. The van der Waals surface area contributed by atoms with E-state index in [0.29, 0.717) is 21.7 Å². The van der Waals surface area contributed by atoms with E-state index in [4.69, 9.17) is 0 Å². The van der Waals surface area contributed by atoms with Crippen LogP contribution >= 0.6 is 0 Å². The summed E-state index contributed by atoms with van der Waals surface area (Å²) in [5, 5.41) is 0. The molecule has 0 aromatic rings. The van der Waals surface area contributed by atoms with Gasteiger partial charge in [-0.2, -0.15) is 0 Å². The van der Waals surface area contributed by atoms with E-state index in [2.05, 4.69) is 55.4 Å². The van der Waals surface area contributed by atoms with Gasteiger partial charge >= 0.3 is 0 Å². The minimum Gasteiger partial charge on any atom is -0.0597 e. The fraction of sp³-hybridized carbons (Fsp3) is 1.00. The highest BCUT2D eigenvalue weighted by Gasteiger charge is 2.61. The van der Waals surface area contributed by atoms with Gasteiger partial charge in [0.05, 0.1) is 0 Å². The number of rotatable bonds is 2. The quantitative estimate of drug-likeness (QED) is 0.571. The van der Waals surface area contributed by atoms with Crippen LogP contribution in [0.3, 0.4) is 0 Å². The molecule has 0 nitrogen and oxygen atoms in total. The molecule has 0 amide bonds. The third-order valence-electron chi connectivity index (χ3n) is 7.76. The van der Waals surface area contributed by atoms with E-state index in [-0.39, 0.29) is 0 Å². The molecular weight excluding hydrogens is 216 g/mol. The Morgan fingerprint density at radius 3 is 1.89 bits per heavy atom. The van der Waals surface area contributed by atoms with Crippen LogP contribution in [0, 0.1) is 33.5 Å². The van der Waals surface area contributed by atoms with Gasteiger partial charge in [-0.3, -0.25) is 0 Å². The predicted octanol–water partition coefficient (Wildman–Crippen LogP) is 5.91. The van der Waals surface area contributed by atoms with Crippen molar-refractivity contribution < 1.29 is 0 Å². The SMILES string of the molecule is CC(C)(C)C(C)(C)CC1CC2CCC1(C)C2(C)C. The molecule has 3 atom stereocenters. The van der Waals surface area contributed by atoms with Crippen LogP contribution in [-0.4, -0.2) is 0 Å². The summed E-state index contributed by atoms with van der Waals surface area (Å²) in [6.07, 6.45) is 5.85. The Hall–Kier alpha value is 0. The molecule has 106 valence electrons. The molecule has 0 saturated heterocycles. The Morgan fingerprint density at radius 1 is 1.00 bits per heavy atom. The summed E-state index contributed by atoms with van der Waals surface area (Å²) in [5.74, 6) is 1.93. The largest absolute Gasteiger partial charge is 0.0597 e. The maximum atomic E-state index is 2.59. The Balaban J connectivity index is 2.19. The van der Waals surface area contributed by atoms with Crippen molar-refractivity contribution in [3.8, 4) is 0 Å². The van der Waals surface area contributed by atoms with Gasteiger partial charge < -0.3 is 0 Å². The van der Waals surface area contributed by atoms with Crippen molar-refractivity contribution in [3.05, 3.63) is 0 Å². The van der Waals surface area contributed by atoms with Crippen LogP contribution < -0.4 is 0 Å².